The minimum absolute atomic E-state index is 0.0928. The number of methoxy groups -OCH3 is 1. The molecule has 3 aliphatic rings. The topological polar surface area (TPSA) is 110 Å². The van der Waals surface area contributed by atoms with Crippen LogP contribution in [-0.4, -0.2) is 85.6 Å². The Morgan fingerprint density at radius 2 is 1.70 bits per heavy atom. The molecular formula is C36H36N4O6. The highest BCUT2D eigenvalue weighted by atomic mass is 16.5. The molecule has 7 rings (SSSR count). The van der Waals surface area contributed by atoms with Crippen molar-refractivity contribution in [2.24, 2.45) is 5.92 Å². The molecule has 2 atom stereocenters. The predicted molar refractivity (Wildman–Crippen MR) is 172 cm³/mol. The highest BCUT2D eigenvalue weighted by molar-refractivity contribution is 5.97. The lowest BCUT2D eigenvalue weighted by Crippen LogP contribution is -2.39. The van der Waals surface area contributed by atoms with Crippen molar-refractivity contribution in [3.8, 4) is 17.2 Å². The van der Waals surface area contributed by atoms with Crippen molar-refractivity contribution in [3.63, 3.8) is 0 Å². The molecule has 0 spiro atoms. The molecule has 1 saturated heterocycles. The van der Waals surface area contributed by atoms with Gasteiger partial charge in [-0.05, 0) is 59.3 Å². The van der Waals surface area contributed by atoms with Gasteiger partial charge < -0.3 is 29.3 Å². The van der Waals surface area contributed by atoms with Crippen LogP contribution in [0.4, 0.5) is 0 Å². The molecule has 3 aromatic carbocycles. The summed E-state index contributed by atoms with van der Waals surface area (Å²) >= 11 is 0. The monoisotopic (exact) mass is 620 g/mol. The van der Waals surface area contributed by atoms with Gasteiger partial charge in [0.1, 0.15) is 18.1 Å². The van der Waals surface area contributed by atoms with E-state index < -0.39 is 5.92 Å². The van der Waals surface area contributed by atoms with Gasteiger partial charge in [-0.3, -0.25) is 19.4 Å². The molecule has 2 bridgehead atoms. The molecular weight excluding hydrogens is 584 g/mol. The van der Waals surface area contributed by atoms with Crippen molar-refractivity contribution in [2.45, 2.75) is 18.8 Å². The summed E-state index contributed by atoms with van der Waals surface area (Å²) in [5, 5.41) is 4.99. The quantitative estimate of drug-likeness (QED) is 0.368. The van der Waals surface area contributed by atoms with Crippen molar-refractivity contribution in [1.29, 1.82) is 0 Å². The lowest BCUT2D eigenvalue weighted by atomic mass is 9.88. The molecule has 4 aromatic rings. The van der Waals surface area contributed by atoms with Gasteiger partial charge in [0.2, 0.25) is 5.91 Å². The molecule has 10 nitrogen and oxygen atoms in total. The zero-order valence-corrected chi connectivity index (χ0v) is 25.7. The summed E-state index contributed by atoms with van der Waals surface area (Å²) in [6, 6.07) is 20.8. The van der Waals surface area contributed by atoms with Crippen LogP contribution < -0.4 is 19.5 Å². The number of hydrogen-bond acceptors (Lipinski definition) is 7. The number of benzene rings is 3. The molecule has 10 heteroatoms. The van der Waals surface area contributed by atoms with E-state index in [2.05, 4.69) is 10.3 Å². The Morgan fingerprint density at radius 3 is 2.57 bits per heavy atom. The number of pyridine rings is 1. The molecule has 0 unspecified atom stereocenters. The Labute approximate surface area is 267 Å². The Kier molecular flexibility index (Phi) is 8.17. The Bertz CT molecular complexity index is 1810. The number of hydrogen-bond donors (Lipinski definition) is 1. The van der Waals surface area contributed by atoms with E-state index in [0.29, 0.717) is 62.0 Å². The van der Waals surface area contributed by atoms with Crippen molar-refractivity contribution in [1.82, 2.24) is 20.1 Å². The maximum absolute atomic E-state index is 13.7. The van der Waals surface area contributed by atoms with Crippen molar-refractivity contribution < 1.29 is 28.6 Å². The fraction of sp³-hybridized carbons (Fsp3) is 0.333. The second kappa shape index (κ2) is 12.7. The molecule has 4 heterocycles. The third kappa shape index (κ3) is 5.82. The third-order valence-electron chi connectivity index (χ3n) is 9.16. The number of nitrogens with zero attached hydrogens (tertiary/aromatic N) is 3. The Morgan fingerprint density at radius 1 is 0.870 bits per heavy atom. The van der Waals surface area contributed by atoms with E-state index in [9.17, 15) is 14.4 Å². The van der Waals surface area contributed by atoms with E-state index >= 15 is 0 Å². The lowest BCUT2D eigenvalue weighted by Gasteiger charge is -2.25. The van der Waals surface area contributed by atoms with Crippen LogP contribution in [0.25, 0.3) is 10.8 Å². The fourth-order valence-corrected chi connectivity index (χ4v) is 6.67. The van der Waals surface area contributed by atoms with Crippen LogP contribution in [-0.2, 0) is 11.2 Å². The largest absolute Gasteiger partial charge is 0.493 e. The molecule has 1 N–H and O–H groups in total. The SMILES string of the molecule is COc1ccc2cc1OCCN(C(=O)c1ccc3c(c1)CCO3)CCCNC(=O)[C@H]1CN(C(=O)c3cc4ccccc4cn3)C[C@H]21. The normalized spacial score (nSPS) is 19.7. The number of amides is 3. The van der Waals surface area contributed by atoms with E-state index in [-0.39, 0.29) is 36.8 Å². The van der Waals surface area contributed by atoms with Crippen LogP contribution in [0.2, 0.25) is 0 Å². The fourth-order valence-electron chi connectivity index (χ4n) is 6.67. The number of ether oxygens (including phenoxy) is 3. The van der Waals surface area contributed by atoms with E-state index in [0.717, 1.165) is 34.1 Å². The average Bonchev–Trinajstić information content (AvgIpc) is 3.75. The predicted octanol–water partition coefficient (Wildman–Crippen LogP) is 4.08. The van der Waals surface area contributed by atoms with Gasteiger partial charge in [-0.15, -0.1) is 0 Å². The van der Waals surface area contributed by atoms with Crippen LogP contribution in [0, 0.1) is 5.92 Å². The number of carbonyl (C=O) groups excluding carboxylic acids is 3. The maximum atomic E-state index is 13.7. The smallest absolute Gasteiger partial charge is 0.272 e. The highest BCUT2D eigenvalue weighted by Crippen LogP contribution is 2.38. The van der Waals surface area contributed by atoms with Crippen LogP contribution in [0.3, 0.4) is 0 Å². The maximum Gasteiger partial charge on any atom is 0.272 e. The first-order valence-electron chi connectivity index (χ1n) is 15.8. The summed E-state index contributed by atoms with van der Waals surface area (Å²) in [4.78, 5) is 48.9. The molecule has 3 amide bonds. The van der Waals surface area contributed by atoms with Gasteiger partial charge in [-0.1, -0.05) is 30.3 Å². The molecule has 0 saturated carbocycles. The molecule has 1 fully saturated rings. The van der Waals surface area contributed by atoms with Crippen molar-refractivity contribution >= 4 is 28.5 Å². The van der Waals surface area contributed by atoms with E-state index in [4.69, 9.17) is 14.2 Å². The van der Waals surface area contributed by atoms with Gasteiger partial charge in [-0.2, -0.15) is 0 Å². The number of rotatable bonds is 3. The standard InChI is InChI=1S/C36H36N4O6/c1-44-32-10-7-24-19-33(32)46-16-14-39(35(42)26-8-9-31-25(17-26)11-15-45-31)13-4-12-37-34(41)29-22-40(21-28(24)29)36(43)30-18-23-5-2-3-6-27(23)20-38-30/h2-3,5-10,17-20,28-29H,4,11-16,21-22H2,1H3,(H,37,41)/t28-,29+/m1/s1. The first-order chi connectivity index (χ1) is 22.5. The highest BCUT2D eigenvalue weighted by Gasteiger charge is 2.41. The number of nitrogens with one attached hydrogen (secondary N) is 1. The van der Waals surface area contributed by atoms with Crippen molar-refractivity contribution in [3.05, 3.63) is 95.3 Å². The lowest BCUT2D eigenvalue weighted by molar-refractivity contribution is -0.124. The average molecular weight is 621 g/mol. The van der Waals surface area contributed by atoms with Gasteiger partial charge in [0.05, 0.1) is 26.2 Å². The molecule has 0 aliphatic carbocycles. The van der Waals surface area contributed by atoms with Gasteiger partial charge in [-0.25, -0.2) is 0 Å². The Hall–Kier alpha value is -5.12. The second-order valence-electron chi connectivity index (χ2n) is 12.0. The van der Waals surface area contributed by atoms with Gasteiger partial charge in [0, 0.05) is 55.7 Å². The van der Waals surface area contributed by atoms with Crippen LogP contribution in [0.15, 0.2) is 72.9 Å². The summed E-state index contributed by atoms with van der Waals surface area (Å²) < 4.78 is 17.4. The second-order valence-corrected chi connectivity index (χ2v) is 12.0. The van der Waals surface area contributed by atoms with Crippen LogP contribution in [0.5, 0.6) is 17.2 Å². The molecule has 1 aromatic heterocycles. The summed E-state index contributed by atoms with van der Waals surface area (Å²) in [5.74, 6) is 0.764. The summed E-state index contributed by atoms with van der Waals surface area (Å²) in [5.41, 5.74) is 2.87. The van der Waals surface area contributed by atoms with E-state index in [1.54, 1.807) is 35.2 Å². The van der Waals surface area contributed by atoms with E-state index in [1.165, 1.54) is 0 Å². The minimum Gasteiger partial charge on any atom is -0.493 e. The van der Waals surface area contributed by atoms with Crippen LogP contribution in [0.1, 0.15) is 44.3 Å². The number of fused-ring (bicyclic) bond motifs is 6. The molecule has 46 heavy (non-hydrogen) atoms. The number of aromatic nitrogens is 1. The summed E-state index contributed by atoms with van der Waals surface area (Å²) in [7, 11) is 1.58. The third-order valence-corrected chi connectivity index (χ3v) is 9.16. The zero-order valence-electron chi connectivity index (χ0n) is 25.7. The Balaban J connectivity index is 1.13. The molecule has 236 valence electrons. The first-order valence-corrected chi connectivity index (χ1v) is 15.8. The van der Waals surface area contributed by atoms with Gasteiger partial charge in [0.25, 0.3) is 11.8 Å². The van der Waals surface area contributed by atoms with Crippen LogP contribution >= 0.6 is 0 Å². The van der Waals surface area contributed by atoms with Gasteiger partial charge >= 0.3 is 0 Å². The van der Waals surface area contributed by atoms with Gasteiger partial charge in [0.15, 0.2) is 11.5 Å². The molecule has 3 aliphatic heterocycles. The summed E-state index contributed by atoms with van der Waals surface area (Å²) in [6.45, 7) is 2.72. The molecule has 0 radical (unpaired) electrons. The van der Waals surface area contributed by atoms with Crippen molar-refractivity contribution in [2.75, 3.05) is 53.0 Å². The first kappa shape index (κ1) is 29.6. The zero-order chi connectivity index (χ0) is 31.6. The summed E-state index contributed by atoms with van der Waals surface area (Å²) in [6.07, 6.45) is 3.06. The van der Waals surface area contributed by atoms with E-state index in [1.807, 2.05) is 54.6 Å². The minimum atomic E-state index is -0.472. The number of likely N-dealkylation sites (tertiary alicyclic amines) is 1. The number of carbonyl (C=O) groups is 3.